The smallest absolute Gasteiger partial charge is 0.333 e. The Labute approximate surface area is 145 Å². The Bertz CT molecular complexity index is 794. The summed E-state index contributed by atoms with van der Waals surface area (Å²) in [7, 11) is 2.12. The minimum absolute atomic E-state index is 0.252. The molecule has 0 atom stereocenters. The van der Waals surface area contributed by atoms with E-state index in [0.717, 1.165) is 29.4 Å². The molecule has 0 aliphatic carbocycles. The molecule has 0 spiro atoms. The molecule has 0 bridgehead atoms. The molecule has 1 aromatic carbocycles. The van der Waals surface area contributed by atoms with Crippen LogP contribution in [0.3, 0.4) is 0 Å². The van der Waals surface area contributed by atoms with Crippen molar-refractivity contribution in [2.45, 2.75) is 26.8 Å². The van der Waals surface area contributed by atoms with Gasteiger partial charge in [-0.1, -0.05) is 11.6 Å². The summed E-state index contributed by atoms with van der Waals surface area (Å²) in [5, 5.41) is 2.11. The number of hydrogen-bond acceptors (Lipinski definition) is 4. The van der Waals surface area contributed by atoms with Crippen LogP contribution in [0, 0.1) is 0 Å². The van der Waals surface area contributed by atoms with E-state index in [0.29, 0.717) is 12.2 Å². The summed E-state index contributed by atoms with van der Waals surface area (Å²) in [6.45, 7) is 5.88. The quantitative estimate of drug-likeness (QED) is 0.603. The van der Waals surface area contributed by atoms with Gasteiger partial charge in [-0.25, -0.2) is 4.79 Å². The second-order valence-electron chi connectivity index (χ2n) is 5.88. The zero-order valence-corrected chi connectivity index (χ0v) is 15.2. The van der Waals surface area contributed by atoms with E-state index in [1.165, 1.54) is 21.2 Å². The van der Waals surface area contributed by atoms with Crippen LogP contribution in [0.4, 0.5) is 0 Å². The topological polar surface area (TPSA) is 29.5 Å². The highest BCUT2D eigenvalue weighted by Crippen LogP contribution is 2.40. The molecule has 122 valence electrons. The first-order chi connectivity index (χ1) is 11.0. The van der Waals surface area contributed by atoms with Gasteiger partial charge in [-0.15, -0.1) is 11.3 Å². The maximum atomic E-state index is 11.9. The zero-order chi connectivity index (χ0) is 16.6. The molecule has 1 aliphatic heterocycles. The molecule has 2 aromatic rings. The fraction of sp³-hybridized carbons (Fsp3) is 0.389. The Morgan fingerprint density at radius 2 is 2.22 bits per heavy atom. The van der Waals surface area contributed by atoms with Crippen molar-refractivity contribution in [3.8, 4) is 0 Å². The summed E-state index contributed by atoms with van der Waals surface area (Å²) in [5.41, 5.74) is 3.13. The van der Waals surface area contributed by atoms with Crippen molar-refractivity contribution < 1.29 is 9.53 Å². The van der Waals surface area contributed by atoms with E-state index in [9.17, 15) is 4.79 Å². The van der Waals surface area contributed by atoms with Gasteiger partial charge in [0.05, 0.1) is 6.61 Å². The lowest BCUT2D eigenvalue weighted by molar-refractivity contribution is -0.138. The lowest BCUT2D eigenvalue weighted by atomic mass is 10.0. The highest BCUT2D eigenvalue weighted by molar-refractivity contribution is 7.20. The second kappa shape index (κ2) is 6.63. The van der Waals surface area contributed by atoms with E-state index >= 15 is 0 Å². The van der Waals surface area contributed by atoms with Gasteiger partial charge in [0.25, 0.3) is 0 Å². The number of halogens is 1. The van der Waals surface area contributed by atoms with E-state index < -0.39 is 0 Å². The average Bonchev–Trinajstić information content (AvgIpc) is 2.73. The maximum absolute atomic E-state index is 11.9. The van der Waals surface area contributed by atoms with Crippen LogP contribution in [0.25, 0.3) is 16.2 Å². The molecular weight excluding hydrogens is 330 g/mol. The number of carbonyl (C=O) groups excluding carboxylic acids is 1. The predicted molar refractivity (Wildman–Crippen MR) is 97.2 cm³/mol. The molecule has 0 saturated carbocycles. The summed E-state index contributed by atoms with van der Waals surface area (Å²) < 4.78 is 6.33. The third-order valence-electron chi connectivity index (χ3n) is 4.15. The second-order valence-corrected chi connectivity index (χ2v) is 7.37. The first-order valence-corrected chi connectivity index (χ1v) is 8.97. The van der Waals surface area contributed by atoms with Crippen LogP contribution in [-0.2, 0) is 22.5 Å². The van der Waals surface area contributed by atoms with Gasteiger partial charge in [0.1, 0.15) is 0 Å². The van der Waals surface area contributed by atoms with E-state index in [1.54, 1.807) is 11.3 Å². The van der Waals surface area contributed by atoms with Crippen molar-refractivity contribution in [1.82, 2.24) is 4.90 Å². The molecule has 23 heavy (non-hydrogen) atoms. The Morgan fingerprint density at radius 3 is 2.96 bits per heavy atom. The largest absolute Gasteiger partial charge is 0.463 e. The lowest BCUT2D eigenvalue weighted by Crippen LogP contribution is -2.18. The molecule has 1 aliphatic rings. The van der Waals surface area contributed by atoms with Crippen LogP contribution in [0.15, 0.2) is 17.7 Å². The van der Waals surface area contributed by atoms with Gasteiger partial charge in [-0.2, -0.15) is 0 Å². The number of likely N-dealkylation sites (N-methyl/N-ethyl adjacent to an activating group) is 1. The molecule has 0 unspecified atom stereocenters. The number of rotatable bonds is 3. The molecule has 3 rings (SSSR count). The fourth-order valence-corrected chi connectivity index (χ4v) is 4.49. The molecule has 0 saturated heterocycles. The van der Waals surface area contributed by atoms with Gasteiger partial charge in [0, 0.05) is 38.6 Å². The third-order valence-corrected chi connectivity index (χ3v) is 5.65. The number of hydrogen-bond donors (Lipinski definition) is 0. The number of thiophene rings is 1. The SMILES string of the molecule is CCOC(=O)C(C)=Cc1sc2ccc(Cl)c3c2c1CN(C)CC3. The number of ether oxygens (including phenoxy) is 1. The van der Waals surface area contributed by atoms with Crippen LogP contribution >= 0.6 is 22.9 Å². The molecule has 1 aromatic heterocycles. The van der Waals surface area contributed by atoms with E-state index in [2.05, 4.69) is 18.0 Å². The molecule has 0 fully saturated rings. The van der Waals surface area contributed by atoms with Crippen molar-refractivity contribution in [1.29, 1.82) is 0 Å². The minimum atomic E-state index is -0.252. The summed E-state index contributed by atoms with van der Waals surface area (Å²) in [6, 6.07) is 4.06. The van der Waals surface area contributed by atoms with E-state index in [1.807, 2.05) is 26.0 Å². The highest BCUT2D eigenvalue weighted by Gasteiger charge is 2.21. The molecular formula is C18H20ClNO2S. The number of nitrogens with zero attached hydrogens (tertiary/aromatic N) is 1. The van der Waals surface area contributed by atoms with Gasteiger partial charge in [0.15, 0.2) is 0 Å². The van der Waals surface area contributed by atoms with Crippen molar-refractivity contribution in [2.75, 3.05) is 20.2 Å². The molecule has 2 heterocycles. The molecule has 5 heteroatoms. The molecule has 0 N–H and O–H groups in total. The van der Waals surface area contributed by atoms with Gasteiger partial charge < -0.3 is 9.64 Å². The van der Waals surface area contributed by atoms with Gasteiger partial charge in [0.2, 0.25) is 0 Å². The summed E-state index contributed by atoms with van der Waals surface area (Å²) >= 11 is 8.15. The number of benzene rings is 1. The average molecular weight is 350 g/mol. The summed E-state index contributed by atoms with van der Waals surface area (Å²) in [4.78, 5) is 15.3. The normalized spacial score (nSPS) is 15.7. The fourth-order valence-electron chi connectivity index (χ4n) is 2.99. The number of esters is 1. The monoisotopic (exact) mass is 349 g/mol. The van der Waals surface area contributed by atoms with Crippen LogP contribution in [0.1, 0.15) is 29.9 Å². The molecule has 0 amide bonds. The molecule has 3 nitrogen and oxygen atoms in total. The lowest BCUT2D eigenvalue weighted by Gasteiger charge is -2.13. The summed E-state index contributed by atoms with van der Waals surface area (Å²) in [6.07, 6.45) is 2.91. The van der Waals surface area contributed by atoms with Crippen molar-refractivity contribution in [2.24, 2.45) is 0 Å². The van der Waals surface area contributed by atoms with Gasteiger partial charge in [-0.05, 0) is 56.7 Å². The highest BCUT2D eigenvalue weighted by atomic mass is 35.5. The number of carbonyl (C=O) groups is 1. The first kappa shape index (κ1) is 16.5. The standard InChI is InChI=1S/C18H20ClNO2S/c1-4-22-18(21)11(2)9-16-13-10-20(3)8-7-12-14(19)5-6-15(23-16)17(12)13/h5-6,9H,4,7-8,10H2,1-3H3. The van der Waals surface area contributed by atoms with Crippen LogP contribution in [-0.4, -0.2) is 31.1 Å². The zero-order valence-electron chi connectivity index (χ0n) is 13.6. The van der Waals surface area contributed by atoms with Crippen LogP contribution in [0.2, 0.25) is 5.02 Å². The Hall–Kier alpha value is -1.36. The molecule has 0 radical (unpaired) electrons. The van der Waals surface area contributed by atoms with E-state index in [-0.39, 0.29) is 5.97 Å². The van der Waals surface area contributed by atoms with Crippen molar-refractivity contribution >= 4 is 45.1 Å². The van der Waals surface area contributed by atoms with Crippen molar-refractivity contribution in [3.63, 3.8) is 0 Å². The Morgan fingerprint density at radius 1 is 1.43 bits per heavy atom. The van der Waals surface area contributed by atoms with Gasteiger partial charge in [-0.3, -0.25) is 0 Å². The Balaban J connectivity index is 2.15. The maximum Gasteiger partial charge on any atom is 0.333 e. The van der Waals surface area contributed by atoms with Crippen LogP contribution < -0.4 is 0 Å². The predicted octanol–water partition coefficient (Wildman–Crippen LogP) is 4.51. The van der Waals surface area contributed by atoms with Crippen LogP contribution in [0.5, 0.6) is 0 Å². The Kier molecular flexibility index (Phi) is 4.76. The van der Waals surface area contributed by atoms with Crippen molar-refractivity contribution in [3.05, 3.63) is 38.7 Å². The van der Waals surface area contributed by atoms with E-state index in [4.69, 9.17) is 16.3 Å². The van der Waals surface area contributed by atoms with Gasteiger partial charge >= 0.3 is 5.97 Å². The summed E-state index contributed by atoms with van der Waals surface area (Å²) in [5.74, 6) is -0.252. The minimum Gasteiger partial charge on any atom is -0.463 e. The first-order valence-electron chi connectivity index (χ1n) is 7.78. The third kappa shape index (κ3) is 3.16.